The molecule has 2 heteroatoms. The standard InChI is InChI=1S/C15H32N2/c1-7-17(12(2)3)15(11-16)9-13(4)8-14(5,6)10-15/h12-13H,7-11,16H2,1-6H3. The van der Waals surface area contributed by atoms with E-state index in [2.05, 4.69) is 46.4 Å². The van der Waals surface area contributed by atoms with Crippen molar-refractivity contribution in [2.24, 2.45) is 17.1 Å². The van der Waals surface area contributed by atoms with Crippen molar-refractivity contribution in [2.75, 3.05) is 13.1 Å². The van der Waals surface area contributed by atoms with Crippen molar-refractivity contribution < 1.29 is 0 Å². The van der Waals surface area contributed by atoms with Crippen molar-refractivity contribution in [3.8, 4) is 0 Å². The summed E-state index contributed by atoms with van der Waals surface area (Å²) in [5.41, 5.74) is 6.85. The Bertz CT molecular complexity index is 247. The summed E-state index contributed by atoms with van der Waals surface area (Å²) < 4.78 is 0. The highest BCUT2D eigenvalue weighted by atomic mass is 15.2. The SMILES string of the molecule is CCN(C(C)C)C1(CN)CC(C)CC(C)(C)C1. The molecule has 0 spiro atoms. The van der Waals surface area contributed by atoms with Gasteiger partial charge >= 0.3 is 0 Å². The zero-order valence-corrected chi connectivity index (χ0v) is 12.7. The Hall–Kier alpha value is -0.0800. The van der Waals surface area contributed by atoms with E-state index < -0.39 is 0 Å². The molecule has 2 atom stereocenters. The molecular weight excluding hydrogens is 208 g/mol. The number of rotatable bonds is 4. The lowest BCUT2D eigenvalue weighted by Crippen LogP contribution is -2.61. The van der Waals surface area contributed by atoms with Gasteiger partial charge in [-0.1, -0.05) is 27.7 Å². The van der Waals surface area contributed by atoms with E-state index in [1.54, 1.807) is 0 Å². The van der Waals surface area contributed by atoms with E-state index in [4.69, 9.17) is 5.73 Å². The molecule has 102 valence electrons. The molecule has 0 aromatic heterocycles. The van der Waals surface area contributed by atoms with E-state index in [0.717, 1.165) is 19.0 Å². The zero-order valence-electron chi connectivity index (χ0n) is 12.7. The molecule has 0 bridgehead atoms. The van der Waals surface area contributed by atoms with E-state index in [1.165, 1.54) is 19.3 Å². The van der Waals surface area contributed by atoms with Crippen LogP contribution in [0.1, 0.15) is 60.8 Å². The van der Waals surface area contributed by atoms with Crippen LogP contribution in [0.15, 0.2) is 0 Å². The zero-order chi connectivity index (χ0) is 13.3. The Kier molecular flexibility index (Phi) is 4.65. The average Bonchev–Trinajstić information content (AvgIpc) is 2.14. The predicted molar refractivity (Wildman–Crippen MR) is 76.1 cm³/mol. The van der Waals surface area contributed by atoms with Crippen LogP contribution in [0.25, 0.3) is 0 Å². The van der Waals surface area contributed by atoms with Crippen molar-refractivity contribution >= 4 is 0 Å². The van der Waals surface area contributed by atoms with Crippen LogP contribution in [0.4, 0.5) is 0 Å². The number of nitrogens with two attached hydrogens (primary N) is 1. The molecule has 2 N–H and O–H groups in total. The third kappa shape index (κ3) is 3.23. The summed E-state index contributed by atoms with van der Waals surface area (Å²) >= 11 is 0. The minimum absolute atomic E-state index is 0.226. The van der Waals surface area contributed by atoms with Gasteiger partial charge in [0.15, 0.2) is 0 Å². The maximum absolute atomic E-state index is 6.19. The molecule has 1 aliphatic rings. The Morgan fingerprint density at radius 3 is 2.24 bits per heavy atom. The van der Waals surface area contributed by atoms with Crippen molar-refractivity contribution in [1.29, 1.82) is 0 Å². The molecule has 2 nitrogen and oxygen atoms in total. The Morgan fingerprint density at radius 2 is 1.88 bits per heavy atom. The second kappa shape index (κ2) is 5.27. The van der Waals surface area contributed by atoms with Gasteiger partial charge in [0.05, 0.1) is 0 Å². The summed E-state index contributed by atoms with van der Waals surface area (Å²) in [5, 5.41) is 0. The summed E-state index contributed by atoms with van der Waals surface area (Å²) in [5.74, 6) is 0.787. The van der Waals surface area contributed by atoms with E-state index in [9.17, 15) is 0 Å². The molecule has 1 rings (SSSR count). The summed E-state index contributed by atoms with van der Waals surface area (Å²) in [6.07, 6.45) is 3.84. The van der Waals surface area contributed by atoms with Gasteiger partial charge in [-0.25, -0.2) is 0 Å². The van der Waals surface area contributed by atoms with Crippen LogP contribution in [-0.4, -0.2) is 29.6 Å². The average molecular weight is 240 g/mol. The van der Waals surface area contributed by atoms with Gasteiger partial charge in [0.2, 0.25) is 0 Å². The van der Waals surface area contributed by atoms with E-state index >= 15 is 0 Å². The lowest BCUT2D eigenvalue weighted by Gasteiger charge is -2.54. The molecule has 1 aliphatic carbocycles. The third-order valence-corrected chi connectivity index (χ3v) is 4.39. The summed E-state index contributed by atoms with van der Waals surface area (Å²) in [6, 6.07) is 0.588. The van der Waals surface area contributed by atoms with E-state index in [-0.39, 0.29) is 5.54 Å². The van der Waals surface area contributed by atoms with Crippen LogP contribution in [-0.2, 0) is 0 Å². The molecule has 0 saturated heterocycles. The molecule has 0 aliphatic heterocycles. The molecule has 17 heavy (non-hydrogen) atoms. The minimum atomic E-state index is 0.226. The lowest BCUT2D eigenvalue weighted by atomic mass is 9.63. The maximum Gasteiger partial charge on any atom is 0.0341 e. The molecular formula is C15H32N2. The van der Waals surface area contributed by atoms with Crippen LogP contribution < -0.4 is 5.73 Å². The van der Waals surface area contributed by atoms with E-state index in [0.29, 0.717) is 11.5 Å². The number of hydrogen-bond acceptors (Lipinski definition) is 2. The first kappa shape index (κ1) is 15.0. The van der Waals surface area contributed by atoms with Crippen molar-refractivity contribution in [2.45, 2.75) is 72.4 Å². The second-order valence-electron chi connectivity index (χ2n) is 7.16. The summed E-state index contributed by atoms with van der Waals surface area (Å²) in [4.78, 5) is 2.63. The highest BCUT2D eigenvalue weighted by Gasteiger charge is 2.45. The quantitative estimate of drug-likeness (QED) is 0.817. The fourth-order valence-electron chi connectivity index (χ4n) is 4.44. The van der Waals surface area contributed by atoms with Gasteiger partial charge in [0.1, 0.15) is 0 Å². The first-order valence-corrected chi connectivity index (χ1v) is 7.23. The number of likely N-dealkylation sites (N-methyl/N-ethyl adjacent to an activating group) is 1. The summed E-state index contributed by atoms with van der Waals surface area (Å²) in [7, 11) is 0. The van der Waals surface area contributed by atoms with Gasteiger partial charge in [-0.2, -0.15) is 0 Å². The van der Waals surface area contributed by atoms with Gasteiger partial charge in [0, 0.05) is 18.1 Å². The Balaban J connectivity index is 3.00. The largest absolute Gasteiger partial charge is 0.329 e. The minimum Gasteiger partial charge on any atom is -0.329 e. The van der Waals surface area contributed by atoms with Crippen molar-refractivity contribution in [3.63, 3.8) is 0 Å². The second-order valence-corrected chi connectivity index (χ2v) is 7.16. The highest BCUT2D eigenvalue weighted by Crippen LogP contribution is 2.46. The van der Waals surface area contributed by atoms with Crippen molar-refractivity contribution in [1.82, 2.24) is 4.90 Å². The van der Waals surface area contributed by atoms with Crippen LogP contribution in [0.2, 0.25) is 0 Å². The topological polar surface area (TPSA) is 29.3 Å². The van der Waals surface area contributed by atoms with Gasteiger partial charge in [-0.05, 0) is 51.0 Å². The fraction of sp³-hybridized carbons (Fsp3) is 1.00. The number of nitrogens with zero attached hydrogens (tertiary/aromatic N) is 1. The van der Waals surface area contributed by atoms with Gasteiger partial charge in [0.25, 0.3) is 0 Å². The molecule has 0 heterocycles. The van der Waals surface area contributed by atoms with Crippen LogP contribution in [0.5, 0.6) is 0 Å². The van der Waals surface area contributed by atoms with Gasteiger partial charge in [-0.15, -0.1) is 0 Å². The van der Waals surface area contributed by atoms with Crippen molar-refractivity contribution in [3.05, 3.63) is 0 Å². The monoisotopic (exact) mass is 240 g/mol. The predicted octanol–water partition coefficient (Wildman–Crippen LogP) is 3.26. The molecule has 0 radical (unpaired) electrons. The maximum atomic E-state index is 6.19. The molecule has 1 saturated carbocycles. The normalized spacial score (nSPS) is 33.4. The van der Waals surface area contributed by atoms with Crippen LogP contribution in [0.3, 0.4) is 0 Å². The molecule has 1 fully saturated rings. The fourth-order valence-corrected chi connectivity index (χ4v) is 4.44. The molecule has 0 aromatic carbocycles. The first-order valence-electron chi connectivity index (χ1n) is 7.23. The third-order valence-electron chi connectivity index (χ3n) is 4.39. The molecule has 0 aromatic rings. The van der Waals surface area contributed by atoms with Crippen LogP contribution in [0, 0.1) is 11.3 Å². The Labute approximate surface area is 108 Å². The molecule has 2 unspecified atom stereocenters. The van der Waals surface area contributed by atoms with E-state index in [1.807, 2.05) is 0 Å². The van der Waals surface area contributed by atoms with Gasteiger partial charge in [-0.3, -0.25) is 4.90 Å². The summed E-state index contributed by atoms with van der Waals surface area (Å²) in [6.45, 7) is 16.0. The van der Waals surface area contributed by atoms with Gasteiger partial charge < -0.3 is 5.73 Å². The lowest BCUT2D eigenvalue weighted by molar-refractivity contribution is -0.0257. The molecule has 0 amide bonds. The van der Waals surface area contributed by atoms with Crippen LogP contribution >= 0.6 is 0 Å². The first-order chi connectivity index (χ1) is 7.76. The smallest absolute Gasteiger partial charge is 0.0341 e. The number of hydrogen-bond donors (Lipinski definition) is 1. The Morgan fingerprint density at radius 1 is 1.29 bits per heavy atom. The highest BCUT2D eigenvalue weighted by molar-refractivity contribution is 5.01.